The molecule has 0 saturated carbocycles. The van der Waals surface area contributed by atoms with Crippen LogP contribution in [0.5, 0.6) is 11.5 Å². The van der Waals surface area contributed by atoms with Crippen molar-refractivity contribution >= 4 is 23.3 Å². The molecule has 2 aromatic rings. The quantitative estimate of drug-likeness (QED) is 0.707. The number of hydrogen-bond donors (Lipinski definition) is 1. The molecule has 0 radical (unpaired) electrons. The molecule has 1 fully saturated rings. The Kier molecular flexibility index (Phi) is 7.40. The van der Waals surface area contributed by atoms with Crippen molar-refractivity contribution < 1.29 is 19.1 Å². The number of nitrogens with one attached hydrogen (secondary N) is 1. The molecule has 29 heavy (non-hydrogen) atoms. The number of amides is 2. The molecule has 0 spiro atoms. The number of rotatable bonds is 8. The van der Waals surface area contributed by atoms with Gasteiger partial charge in [0.05, 0.1) is 12.3 Å². The molecule has 0 unspecified atom stereocenters. The van der Waals surface area contributed by atoms with E-state index in [1.807, 2.05) is 24.0 Å². The monoisotopic (exact) mass is 418 g/mol. The Labute approximate surface area is 174 Å². The zero-order valence-corrected chi connectivity index (χ0v) is 17.5. The molecule has 1 aliphatic rings. The van der Waals surface area contributed by atoms with E-state index in [-0.39, 0.29) is 18.4 Å². The van der Waals surface area contributed by atoms with E-state index in [9.17, 15) is 9.59 Å². The van der Waals surface area contributed by atoms with Crippen LogP contribution in [-0.2, 0) is 4.79 Å². The minimum Gasteiger partial charge on any atom is -0.494 e. The highest BCUT2D eigenvalue weighted by Gasteiger charge is 2.26. The molecule has 3 rings (SSSR count). The number of ether oxygens (including phenoxy) is 2. The van der Waals surface area contributed by atoms with Crippen LogP contribution in [0.15, 0.2) is 24.3 Å². The SMILES string of the molecule is CCOc1ccc(OCC(=O)NCC2CCN(C(=O)c3snnc3C)CC2)cc1. The first-order chi connectivity index (χ1) is 14.1. The van der Waals surface area contributed by atoms with Crippen LogP contribution in [-0.4, -0.2) is 59.1 Å². The molecule has 9 heteroatoms. The van der Waals surface area contributed by atoms with Crippen molar-refractivity contribution in [3.05, 3.63) is 34.8 Å². The van der Waals surface area contributed by atoms with Crippen LogP contribution in [0, 0.1) is 12.8 Å². The molecule has 0 atom stereocenters. The number of aryl methyl sites for hydroxylation is 1. The predicted octanol–water partition coefficient (Wildman–Crippen LogP) is 2.29. The van der Waals surface area contributed by atoms with Crippen LogP contribution in [0.4, 0.5) is 0 Å². The van der Waals surface area contributed by atoms with E-state index in [2.05, 4.69) is 14.9 Å². The van der Waals surface area contributed by atoms with E-state index in [0.717, 1.165) is 30.1 Å². The predicted molar refractivity (Wildman–Crippen MR) is 109 cm³/mol. The van der Waals surface area contributed by atoms with Gasteiger partial charge in [-0.25, -0.2) is 0 Å². The lowest BCUT2D eigenvalue weighted by Crippen LogP contribution is -2.42. The van der Waals surface area contributed by atoms with E-state index in [1.165, 1.54) is 0 Å². The fraction of sp³-hybridized carbons (Fsp3) is 0.500. The van der Waals surface area contributed by atoms with E-state index in [4.69, 9.17) is 9.47 Å². The summed E-state index contributed by atoms with van der Waals surface area (Å²) in [5.41, 5.74) is 0.682. The largest absolute Gasteiger partial charge is 0.494 e. The standard InChI is InChI=1S/C20H26N4O4S/c1-3-27-16-4-6-17(7-5-16)28-13-18(25)21-12-15-8-10-24(11-9-15)20(26)19-14(2)22-23-29-19/h4-7,15H,3,8-13H2,1-2H3,(H,21,25). The minimum atomic E-state index is -0.149. The molecular weight excluding hydrogens is 392 g/mol. The van der Waals surface area contributed by atoms with Gasteiger partial charge in [0.25, 0.3) is 11.8 Å². The number of aromatic nitrogens is 2. The van der Waals surface area contributed by atoms with Gasteiger partial charge >= 0.3 is 0 Å². The van der Waals surface area contributed by atoms with E-state index in [0.29, 0.717) is 48.5 Å². The van der Waals surface area contributed by atoms with Crippen molar-refractivity contribution in [1.29, 1.82) is 0 Å². The first kappa shape index (κ1) is 21.0. The molecule has 1 aromatic heterocycles. The third-order valence-electron chi connectivity index (χ3n) is 4.84. The maximum Gasteiger partial charge on any atom is 0.267 e. The number of hydrogen-bond acceptors (Lipinski definition) is 7. The Morgan fingerprint density at radius 1 is 1.17 bits per heavy atom. The summed E-state index contributed by atoms with van der Waals surface area (Å²) in [5, 5.41) is 6.83. The van der Waals surface area contributed by atoms with Crippen LogP contribution in [0.25, 0.3) is 0 Å². The Balaban J connectivity index is 1.35. The minimum absolute atomic E-state index is 0.00346. The summed E-state index contributed by atoms with van der Waals surface area (Å²) in [5.74, 6) is 1.61. The third-order valence-corrected chi connectivity index (χ3v) is 5.66. The van der Waals surface area contributed by atoms with Crippen molar-refractivity contribution in [2.24, 2.45) is 5.92 Å². The number of carbonyl (C=O) groups excluding carboxylic acids is 2. The smallest absolute Gasteiger partial charge is 0.267 e. The average Bonchev–Trinajstić information content (AvgIpc) is 3.17. The molecule has 1 aromatic carbocycles. The lowest BCUT2D eigenvalue weighted by Gasteiger charge is -2.31. The zero-order valence-electron chi connectivity index (χ0n) is 16.7. The Morgan fingerprint density at radius 3 is 2.41 bits per heavy atom. The maximum atomic E-state index is 12.5. The second-order valence-corrected chi connectivity index (χ2v) is 7.67. The van der Waals surface area contributed by atoms with Crippen molar-refractivity contribution in [1.82, 2.24) is 19.8 Å². The van der Waals surface area contributed by atoms with Crippen LogP contribution in [0.1, 0.15) is 35.1 Å². The van der Waals surface area contributed by atoms with Gasteiger partial charge in [0.1, 0.15) is 16.4 Å². The number of nitrogens with zero attached hydrogens (tertiary/aromatic N) is 3. The molecule has 2 amide bonds. The van der Waals surface area contributed by atoms with Crippen LogP contribution in [0.3, 0.4) is 0 Å². The van der Waals surface area contributed by atoms with E-state index < -0.39 is 0 Å². The summed E-state index contributed by atoms with van der Waals surface area (Å²) in [6.45, 7) is 6.26. The molecule has 156 valence electrons. The van der Waals surface area contributed by atoms with E-state index >= 15 is 0 Å². The summed E-state index contributed by atoms with van der Waals surface area (Å²) in [4.78, 5) is 27.0. The van der Waals surface area contributed by atoms with Gasteiger partial charge < -0.3 is 19.7 Å². The highest BCUT2D eigenvalue weighted by molar-refractivity contribution is 7.07. The molecule has 0 bridgehead atoms. The molecule has 8 nitrogen and oxygen atoms in total. The van der Waals surface area contributed by atoms with Gasteiger partial charge in [-0.3, -0.25) is 9.59 Å². The lowest BCUT2D eigenvalue weighted by atomic mass is 9.96. The second kappa shape index (κ2) is 10.2. The molecule has 1 aliphatic heterocycles. The van der Waals surface area contributed by atoms with Crippen molar-refractivity contribution in [2.45, 2.75) is 26.7 Å². The van der Waals surface area contributed by atoms with Crippen molar-refractivity contribution in [3.63, 3.8) is 0 Å². The Morgan fingerprint density at radius 2 is 1.83 bits per heavy atom. The average molecular weight is 419 g/mol. The number of piperidine rings is 1. The van der Waals surface area contributed by atoms with Gasteiger partial charge in [-0.1, -0.05) is 4.49 Å². The first-order valence-electron chi connectivity index (χ1n) is 9.77. The Bertz CT molecular complexity index is 816. The summed E-state index contributed by atoms with van der Waals surface area (Å²) < 4.78 is 14.7. The highest BCUT2D eigenvalue weighted by atomic mass is 32.1. The topological polar surface area (TPSA) is 93.7 Å². The van der Waals surface area contributed by atoms with Gasteiger partial charge in [0.2, 0.25) is 0 Å². The molecular formula is C20H26N4O4S. The normalized spacial score (nSPS) is 14.5. The van der Waals surface area contributed by atoms with Gasteiger partial charge in [-0.15, -0.1) is 5.10 Å². The summed E-state index contributed by atoms with van der Waals surface area (Å²) in [6, 6.07) is 7.20. The van der Waals surface area contributed by atoms with Crippen LogP contribution >= 0.6 is 11.5 Å². The van der Waals surface area contributed by atoms with Gasteiger partial charge in [-0.05, 0) is 68.4 Å². The molecule has 0 aliphatic carbocycles. The fourth-order valence-corrected chi connectivity index (χ4v) is 3.79. The number of likely N-dealkylation sites (tertiary alicyclic amines) is 1. The highest BCUT2D eigenvalue weighted by Crippen LogP contribution is 2.21. The number of benzene rings is 1. The van der Waals surface area contributed by atoms with Crippen molar-refractivity contribution in [2.75, 3.05) is 32.8 Å². The zero-order chi connectivity index (χ0) is 20.6. The molecule has 2 heterocycles. The second-order valence-electron chi connectivity index (χ2n) is 6.92. The summed E-state index contributed by atoms with van der Waals surface area (Å²) in [7, 11) is 0. The van der Waals surface area contributed by atoms with Crippen LogP contribution < -0.4 is 14.8 Å². The summed E-state index contributed by atoms with van der Waals surface area (Å²) in [6.07, 6.45) is 1.72. The van der Waals surface area contributed by atoms with Gasteiger partial charge in [-0.2, -0.15) is 0 Å². The lowest BCUT2D eigenvalue weighted by molar-refractivity contribution is -0.123. The fourth-order valence-electron chi connectivity index (χ4n) is 3.17. The van der Waals surface area contributed by atoms with Crippen LogP contribution in [0.2, 0.25) is 0 Å². The van der Waals surface area contributed by atoms with Gasteiger partial charge in [0, 0.05) is 19.6 Å². The molecule has 1 N–H and O–H groups in total. The van der Waals surface area contributed by atoms with E-state index in [1.54, 1.807) is 19.1 Å². The number of carbonyl (C=O) groups is 2. The summed E-state index contributed by atoms with van der Waals surface area (Å²) >= 11 is 1.14. The Hall–Kier alpha value is -2.68. The van der Waals surface area contributed by atoms with Gasteiger partial charge in [0.15, 0.2) is 6.61 Å². The molecule has 1 saturated heterocycles. The van der Waals surface area contributed by atoms with Crippen molar-refractivity contribution in [3.8, 4) is 11.5 Å². The first-order valence-corrected chi connectivity index (χ1v) is 10.5. The third kappa shape index (κ3) is 5.90. The maximum absolute atomic E-state index is 12.5.